The number of hydrazone groups is 1. The molecule has 0 spiro atoms. The molecule has 3 unspecified atom stereocenters. The van der Waals surface area contributed by atoms with Crippen molar-refractivity contribution in [2.75, 3.05) is 0 Å². The Kier molecular flexibility index (Phi) is 7.49. The summed E-state index contributed by atoms with van der Waals surface area (Å²) in [5.74, 6) is -0.166. The molecule has 3 aromatic rings. The van der Waals surface area contributed by atoms with Gasteiger partial charge in [-0.3, -0.25) is 4.79 Å². The first-order valence-electron chi connectivity index (χ1n) is 12.2. The lowest BCUT2D eigenvalue weighted by atomic mass is 9.75. The first kappa shape index (κ1) is 24.5. The summed E-state index contributed by atoms with van der Waals surface area (Å²) in [4.78, 5) is 26.2. The minimum absolute atomic E-state index is 0.0277. The standard InChI is InChI=1S/C29H32N2O4/c1-18(2)23-14-13-19(3)15-26(23)35-29(34)27(20-9-5-4-6-10-20)30-31-28(33)24-16-21-11-7-8-12-22(21)17-25(24)32/h4-12,16-19,23,26,32H,13-15H2,1-3H3,(H,31,33)/b30-27-. The molecule has 1 saturated carbocycles. The van der Waals surface area contributed by atoms with E-state index in [2.05, 4.69) is 31.3 Å². The molecule has 3 aromatic carbocycles. The van der Waals surface area contributed by atoms with Crippen LogP contribution in [0.25, 0.3) is 10.8 Å². The molecule has 2 N–H and O–H groups in total. The monoisotopic (exact) mass is 472 g/mol. The van der Waals surface area contributed by atoms with Gasteiger partial charge in [0.2, 0.25) is 0 Å². The van der Waals surface area contributed by atoms with Gasteiger partial charge in [0, 0.05) is 5.56 Å². The summed E-state index contributed by atoms with van der Waals surface area (Å²) >= 11 is 0. The fourth-order valence-corrected chi connectivity index (χ4v) is 4.84. The zero-order valence-corrected chi connectivity index (χ0v) is 20.4. The smallest absolute Gasteiger partial charge is 0.359 e. The SMILES string of the molecule is CC1CCC(C(C)C)C(OC(=O)/C(=N\NC(=O)c2cc3ccccc3cc2O)c2ccccc2)C1. The van der Waals surface area contributed by atoms with Gasteiger partial charge in [-0.2, -0.15) is 5.10 Å². The molecule has 1 fully saturated rings. The van der Waals surface area contributed by atoms with Gasteiger partial charge >= 0.3 is 5.97 Å². The van der Waals surface area contributed by atoms with Crippen LogP contribution in [0, 0.1) is 17.8 Å². The Morgan fingerprint density at radius 3 is 2.34 bits per heavy atom. The van der Waals surface area contributed by atoms with Gasteiger partial charge in [0.25, 0.3) is 5.91 Å². The molecular formula is C29H32N2O4. The van der Waals surface area contributed by atoms with E-state index in [0.29, 0.717) is 17.4 Å². The van der Waals surface area contributed by atoms with E-state index >= 15 is 0 Å². The average molecular weight is 473 g/mol. The van der Waals surface area contributed by atoms with Gasteiger partial charge in [-0.25, -0.2) is 10.2 Å². The van der Waals surface area contributed by atoms with Gasteiger partial charge in [0.05, 0.1) is 5.56 Å². The number of amides is 1. The van der Waals surface area contributed by atoms with Gasteiger partial charge in [-0.15, -0.1) is 0 Å². The summed E-state index contributed by atoms with van der Waals surface area (Å²) in [7, 11) is 0. The highest BCUT2D eigenvalue weighted by molar-refractivity contribution is 6.43. The van der Waals surface area contributed by atoms with Crippen molar-refractivity contribution in [1.82, 2.24) is 5.43 Å². The summed E-state index contributed by atoms with van der Waals surface area (Å²) < 4.78 is 6.00. The lowest BCUT2D eigenvalue weighted by Gasteiger charge is -2.36. The molecule has 35 heavy (non-hydrogen) atoms. The maximum absolute atomic E-state index is 13.3. The van der Waals surface area contributed by atoms with Crippen LogP contribution in [-0.2, 0) is 9.53 Å². The molecule has 0 heterocycles. The number of hydrogen-bond acceptors (Lipinski definition) is 5. The van der Waals surface area contributed by atoms with Gasteiger partial charge in [-0.05, 0) is 53.5 Å². The highest BCUT2D eigenvalue weighted by Gasteiger charge is 2.34. The summed E-state index contributed by atoms with van der Waals surface area (Å²) in [6, 6.07) is 19.5. The van der Waals surface area contributed by atoms with Crippen LogP contribution in [0.5, 0.6) is 5.75 Å². The molecule has 182 valence electrons. The minimum Gasteiger partial charge on any atom is -0.507 e. The number of phenolic OH excluding ortho intramolecular Hbond substituents is 1. The van der Waals surface area contributed by atoms with E-state index in [1.165, 1.54) is 6.07 Å². The fraction of sp³-hybridized carbons (Fsp3) is 0.345. The quantitative estimate of drug-likeness (QED) is 0.274. The Labute approximate surface area is 206 Å². The average Bonchev–Trinajstić information content (AvgIpc) is 2.84. The number of nitrogens with zero attached hydrogens (tertiary/aromatic N) is 1. The molecule has 0 radical (unpaired) electrons. The van der Waals surface area contributed by atoms with Crippen molar-refractivity contribution in [2.24, 2.45) is 22.9 Å². The van der Waals surface area contributed by atoms with E-state index in [-0.39, 0.29) is 29.0 Å². The van der Waals surface area contributed by atoms with Crippen molar-refractivity contribution in [3.63, 3.8) is 0 Å². The number of aromatic hydroxyl groups is 1. The number of nitrogens with one attached hydrogen (secondary N) is 1. The lowest BCUT2D eigenvalue weighted by molar-refractivity contribution is -0.147. The maximum Gasteiger partial charge on any atom is 0.359 e. The summed E-state index contributed by atoms with van der Waals surface area (Å²) in [5.41, 5.74) is 3.10. The van der Waals surface area contributed by atoms with Crippen LogP contribution < -0.4 is 5.43 Å². The van der Waals surface area contributed by atoms with Crippen molar-refractivity contribution in [1.29, 1.82) is 0 Å². The van der Waals surface area contributed by atoms with Crippen molar-refractivity contribution in [2.45, 2.75) is 46.1 Å². The van der Waals surface area contributed by atoms with Crippen LogP contribution in [0.15, 0.2) is 71.8 Å². The zero-order valence-electron chi connectivity index (χ0n) is 20.4. The predicted molar refractivity (Wildman–Crippen MR) is 137 cm³/mol. The van der Waals surface area contributed by atoms with E-state index in [4.69, 9.17) is 4.74 Å². The maximum atomic E-state index is 13.3. The van der Waals surface area contributed by atoms with Crippen molar-refractivity contribution >= 4 is 28.4 Å². The molecule has 4 rings (SSSR count). The molecule has 6 heteroatoms. The number of rotatable bonds is 6. The van der Waals surface area contributed by atoms with E-state index in [1.807, 2.05) is 30.3 Å². The molecule has 0 bridgehead atoms. The molecule has 0 aromatic heterocycles. The molecule has 3 atom stereocenters. The predicted octanol–water partition coefficient (Wildman–Crippen LogP) is 5.68. The Morgan fingerprint density at radius 1 is 1.00 bits per heavy atom. The third kappa shape index (κ3) is 5.70. The number of benzene rings is 3. The normalized spacial score (nSPS) is 20.6. The number of carbonyl (C=O) groups excluding carboxylic acids is 2. The lowest BCUT2D eigenvalue weighted by Crippen LogP contribution is -2.38. The largest absolute Gasteiger partial charge is 0.507 e. The van der Waals surface area contributed by atoms with E-state index in [9.17, 15) is 14.7 Å². The number of carbonyl (C=O) groups is 2. The zero-order chi connectivity index (χ0) is 24.9. The first-order valence-corrected chi connectivity index (χ1v) is 12.2. The van der Waals surface area contributed by atoms with Gasteiger partial charge < -0.3 is 9.84 Å². The van der Waals surface area contributed by atoms with Crippen LogP contribution in [0.2, 0.25) is 0 Å². The van der Waals surface area contributed by atoms with Crippen molar-refractivity contribution < 1.29 is 19.4 Å². The van der Waals surface area contributed by atoms with E-state index in [1.54, 1.807) is 30.3 Å². The van der Waals surface area contributed by atoms with Crippen LogP contribution in [0.1, 0.15) is 56.0 Å². The highest BCUT2D eigenvalue weighted by atomic mass is 16.5. The fourth-order valence-electron chi connectivity index (χ4n) is 4.84. The molecule has 0 aliphatic heterocycles. The molecule has 0 saturated heterocycles. The van der Waals surface area contributed by atoms with Crippen LogP contribution >= 0.6 is 0 Å². The van der Waals surface area contributed by atoms with Crippen LogP contribution in [-0.4, -0.2) is 28.8 Å². The topological polar surface area (TPSA) is 88.0 Å². The Bertz CT molecular complexity index is 1240. The van der Waals surface area contributed by atoms with Crippen LogP contribution in [0.4, 0.5) is 0 Å². The number of hydrogen-bond donors (Lipinski definition) is 2. The molecule has 1 aliphatic rings. The second-order valence-electron chi connectivity index (χ2n) is 9.75. The summed E-state index contributed by atoms with van der Waals surface area (Å²) in [6.45, 7) is 6.49. The van der Waals surface area contributed by atoms with E-state index < -0.39 is 11.9 Å². The second kappa shape index (κ2) is 10.7. The molecule has 6 nitrogen and oxygen atoms in total. The Morgan fingerprint density at radius 2 is 1.66 bits per heavy atom. The van der Waals surface area contributed by atoms with Crippen LogP contribution in [0.3, 0.4) is 0 Å². The molecule has 1 aliphatic carbocycles. The van der Waals surface area contributed by atoms with Crippen molar-refractivity contribution in [3.05, 3.63) is 77.9 Å². The number of ether oxygens (including phenoxy) is 1. The van der Waals surface area contributed by atoms with Gasteiger partial charge in [-0.1, -0.05) is 81.8 Å². The first-order chi connectivity index (χ1) is 16.8. The minimum atomic E-state index is -0.610. The summed E-state index contributed by atoms with van der Waals surface area (Å²) in [5, 5.41) is 16.2. The van der Waals surface area contributed by atoms with Gasteiger partial charge in [0.1, 0.15) is 11.9 Å². The van der Waals surface area contributed by atoms with E-state index in [0.717, 1.165) is 30.0 Å². The molecular weight excluding hydrogens is 440 g/mol. The third-order valence-electron chi connectivity index (χ3n) is 6.84. The highest BCUT2D eigenvalue weighted by Crippen LogP contribution is 2.35. The Hall–Kier alpha value is -3.67. The second-order valence-corrected chi connectivity index (χ2v) is 9.75. The molecule has 1 amide bonds. The number of esters is 1. The summed E-state index contributed by atoms with van der Waals surface area (Å²) in [6.07, 6.45) is 2.77. The third-order valence-corrected chi connectivity index (χ3v) is 6.84. The van der Waals surface area contributed by atoms with Gasteiger partial charge in [0.15, 0.2) is 5.71 Å². The Balaban J connectivity index is 1.59. The van der Waals surface area contributed by atoms with Crippen molar-refractivity contribution in [3.8, 4) is 5.75 Å². The number of fused-ring (bicyclic) bond motifs is 1. The number of phenols is 1.